The molecule has 1 spiro atoms. The Balaban J connectivity index is 1.33. The fourth-order valence-corrected chi connectivity index (χ4v) is 8.76. The molecular weight excluding hydrogens is 552 g/mol. The highest BCUT2D eigenvalue weighted by Gasteiger charge is 2.57. The normalized spacial score (nSPS) is 29.4. The number of carbonyl (C=O) groups is 2. The predicted octanol–water partition coefficient (Wildman–Crippen LogP) is 2.82. The number of halogens is 1. The zero-order valence-corrected chi connectivity index (χ0v) is 24.6. The maximum atomic E-state index is 14.8. The van der Waals surface area contributed by atoms with Crippen LogP contribution in [0, 0.1) is 11.8 Å². The molecule has 5 N–H and O–H groups in total. The van der Waals surface area contributed by atoms with Crippen LogP contribution in [0.1, 0.15) is 67.6 Å². The lowest BCUT2D eigenvalue weighted by Crippen LogP contribution is -2.83. The molecule has 208 valence electrons. The number of hydrogen-bond donors (Lipinski definition) is 2. The lowest BCUT2D eigenvalue weighted by molar-refractivity contribution is -0.640. The van der Waals surface area contributed by atoms with E-state index < -0.39 is 0 Å². The summed E-state index contributed by atoms with van der Waals surface area (Å²) < 4.78 is 1.02. The third-order valence-corrected chi connectivity index (χ3v) is 10.8. The number of fused-ring (bicyclic) bond motifs is 2. The van der Waals surface area contributed by atoms with E-state index in [2.05, 4.69) is 80.4 Å². The van der Waals surface area contributed by atoms with Crippen molar-refractivity contribution < 1.29 is 20.6 Å². The number of carbonyl (C=O) groups excluding carboxylic acids is 2. The van der Waals surface area contributed by atoms with E-state index in [-0.39, 0.29) is 23.8 Å². The van der Waals surface area contributed by atoms with E-state index in [0.29, 0.717) is 36.9 Å². The Hall–Kier alpha value is -2.22. The van der Waals surface area contributed by atoms with Gasteiger partial charge in [0.05, 0.1) is 18.5 Å². The number of amides is 2. The van der Waals surface area contributed by atoms with Crippen molar-refractivity contribution >= 4 is 27.7 Å². The largest absolute Gasteiger partial charge is 0.350 e. The number of hydrogen-bond acceptors (Lipinski definition) is 2. The Morgan fingerprint density at radius 2 is 1.85 bits per heavy atom. The van der Waals surface area contributed by atoms with Crippen LogP contribution in [0.4, 0.5) is 0 Å². The van der Waals surface area contributed by atoms with Gasteiger partial charge >= 0.3 is 0 Å². The molecule has 7 heteroatoms. The smallest absolute Gasteiger partial charge is 0.277 e. The summed E-state index contributed by atoms with van der Waals surface area (Å²) in [5.41, 5.74) is 7.38. The van der Waals surface area contributed by atoms with Gasteiger partial charge in [-0.3, -0.25) is 9.59 Å². The fourth-order valence-electron chi connectivity index (χ4n) is 8.35. The van der Waals surface area contributed by atoms with Gasteiger partial charge in [-0.1, -0.05) is 71.6 Å². The van der Waals surface area contributed by atoms with Crippen molar-refractivity contribution in [3.8, 4) is 0 Å². The summed E-state index contributed by atoms with van der Waals surface area (Å²) in [6.07, 6.45) is 8.45. The summed E-state index contributed by atoms with van der Waals surface area (Å²) in [6.45, 7) is 3.92. The minimum Gasteiger partial charge on any atom is -0.350 e. The molecule has 4 atom stereocenters. The Morgan fingerprint density at radius 1 is 1.05 bits per heavy atom. The van der Waals surface area contributed by atoms with Crippen molar-refractivity contribution in [1.29, 1.82) is 0 Å². The van der Waals surface area contributed by atoms with Gasteiger partial charge in [-0.2, -0.15) is 0 Å². The standard InChI is InChI=1S/C32H41BrN4O2/c33-26-11-12-27-25(15-26)19-36(30(38)17-34)21-32(27)20-35-18-28(32)31(39)37-14-13-24(22-7-3-1-4-8-22)16-29(37)23-9-5-2-6-10-23/h1,3-4,7-8,11-12,15,23-24,28-29,35H,2,5-6,9-10,13-14,16-21,34H2/p+2/t24-,28+,29+,32-/m1/s1. The Morgan fingerprint density at radius 3 is 2.62 bits per heavy atom. The lowest BCUT2D eigenvalue weighted by atomic mass is 9.67. The van der Waals surface area contributed by atoms with Crippen LogP contribution in [0.5, 0.6) is 0 Å². The third kappa shape index (κ3) is 5.07. The highest BCUT2D eigenvalue weighted by Crippen LogP contribution is 2.45. The summed E-state index contributed by atoms with van der Waals surface area (Å²) in [5, 5.41) is 2.32. The predicted molar refractivity (Wildman–Crippen MR) is 155 cm³/mol. The minimum atomic E-state index is -0.358. The van der Waals surface area contributed by atoms with Gasteiger partial charge in [0.25, 0.3) is 5.91 Å². The highest BCUT2D eigenvalue weighted by molar-refractivity contribution is 9.10. The van der Waals surface area contributed by atoms with E-state index in [0.717, 1.165) is 42.5 Å². The first-order chi connectivity index (χ1) is 19.0. The van der Waals surface area contributed by atoms with Crippen LogP contribution in [0.25, 0.3) is 0 Å². The summed E-state index contributed by atoms with van der Waals surface area (Å²) in [4.78, 5) is 32.0. The second-order valence-corrected chi connectivity index (χ2v) is 13.3. The van der Waals surface area contributed by atoms with Crippen LogP contribution in [0.15, 0.2) is 53.0 Å². The van der Waals surface area contributed by atoms with Crippen molar-refractivity contribution in [1.82, 2.24) is 9.80 Å². The zero-order valence-electron chi connectivity index (χ0n) is 23.0. The molecule has 1 saturated carbocycles. The molecule has 6 rings (SSSR count). The SMILES string of the molecule is [NH3+]CC(=O)N1Cc2cc(Br)ccc2[C@@]2(C[NH2+]C[C@H]2C(=O)N2CC[C@@H](c3ccccc3)C[C@H]2C2CCCCC2)C1. The topological polar surface area (TPSA) is 84.9 Å². The summed E-state index contributed by atoms with van der Waals surface area (Å²) in [5.74, 6) is 1.38. The average Bonchev–Trinajstić information content (AvgIpc) is 3.40. The van der Waals surface area contributed by atoms with E-state index in [1.165, 1.54) is 43.2 Å². The van der Waals surface area contributed by atoms with Crippen LogP contribution in [0.3, 0.4) is 0 Å². The molecule has 4 aliphatic rings. The number of piperidine rings is 1. The Kier molecular flexibility index (Phi) is 7.84. The van der Waals surface area contributed by atoms with Gasteiger partial charge in [0, 0.05) is 30.1 Å². The zero-order chi connectivity index (χ0) is 27.0. The van der Waals surface area contributed by atoms with E-state index >= 15 is 0 Å². The second kappa shape index (κ2) is 11.3. The molecular formula is C32H43BrN4O2+2. The molecule has 0 aromatic heterocycles. The van der Waals surface area contributed by atoms with Gasteiger partial charge in [0.15, 0.2) is 6.54 Å². The van der Waals surface area contributed by atoms with Gasteiger partial charge in [-0.15, -0.1) is 0 Å². The number of likely N-dealkylation sites (tertiary alicyclic amines) is 1. The van der Waals surface area contributed by atoms with Crippen LogP contribution in [-0.2, 0) is 21.5 Å². The van der Waals surface area contributed by atoms with Gasteiger partial charge in [0.1, 0.15) is 5.92 Å². The van der Waals surface area contributed by atoms with Crippen molar-refractivity contribution in [2.24, 2.45) is 11.8 Å². The van der Waals surface area contributed by atoms with E-state index in [9.17, 15) is 9.59 Å². The first-order valence-electron chi connectivity index (χ1n) is 15.0. The van der Waals surface area contributed by atoms with Gasteiger partial charge in [-0.25, -0.2) is 0 Å². The molecule has 3 fully saturated rings. The van der Waals surface area contributed by atoms with Crippen molar-refractivity contribution in [2.75, 3.05) is 32.7 Å². The van der Waals surface area contributed by atoms with Gasteiger partial charge in [-0.05, 0) is 66.3 Å². The molecule has 0 radical (unpaired) electrons. The molecule has 3 heterocycles. The molecule has 2 amide bonds. The van der Waals surface area contributed by atoms with Crippen LogP contribution in [-0.4, -0.2) is 60.4 Å². The van der Waals surface area contributed by atoms with Crippen molar-refractivity contribution in [2.45, 2.75) is 68.9 Å². The average molecular weight is 596 g/mol. The maximum absolute atomic E-state index is 14.8. The summed E-state index contributed by atoms with van der Waals surface area (Å²) >= 11 is 3.65. The molecule has 2 saturated heterocycles. The maximum Gasteiger partial charge on any atom is 0.277 e. The van der Waals surface area contributed by atoms with Crippen LogP contribution in [0.2, 0.25) is 0 Å². The second-order valence-electron chi connectivity index (χ2n) is 12.4. The van der Waals surface area contributed by atoms with Crippen molar-refractivity contribution in [3.05, 3.63) is 69.7 Å². The number of nitrogens with two attached hydrogens (primary N) is 1. The van der Waals surface area contributed by atoms with Gasteiger partial charge < -0.3 is 20.9 Å². The lowest BCUT2D eigenvalue weighted by Gasteiger charge is -2.48. The monoisotopic (exact) mass is 594 g/mol. The van der Waals surface area contributed by atoms with E-state index in [1.807, 2.05) is 4.90 Å². The van der Waals surface area contributed by atoms with Gasteiger partial charge in [0.2, 0.25) is 5.91 Å². The molecule has 2 aromatic rings. The molecule has 0 bridgehead atoms. The van der Waals surface area contributed by atoms with E-state index in [1.54, 1.807) is 0 Å². The van der Waals surface area contributed by atoms with E-state index in [4.69, 9.17) is 0 Å². The number of nitrogens with zero attached hydrogens (tertiary/aromatic N) is 2. The third-order valence-electron chi connectivity index (χ3n) is 10.3. The number of benzene rings is 2. The summed E-state index contributed by atoms with van der Waals surface area (Å²) in [7, 11) is 0. The molecule has 1 aliphatic carbocycles. The molecule has 3 aliphatic heterocycles. The first kappa shape index (κ1) is 27.0. The molecule has 6 nitrogen and oxygen atoms in total. The van der Waals surface area contributed by atoms with Crippen LogP contribution >= 0.6 is 15.9 Å². The Labute approximate surface area is 240 Å². The quantitative estimate of drug-likeness (QED) is 0.570. The molecule has 2 aromatic carbocycles. The van der Waals surface area contributed by atoms with Crippen LogP contribution < -0.4 is 11.1 Å². The molecule has 0 unspecified atom stereocenters. The molecule has 39 heavy (non-hydrogen) atoms. The summed E-state index contributed by atoms with van der Waals surface area (Å²) in [6, 6.07) is 17.7. The highest BCUT2D eigenvalue weighted by atomic mass is 79.9. The number of quaternary nitrogens is 2. The fraction of sp³-hybridized carbons (Fsp3) is 0.562. The first-order valence-corrected chi connectivity index (χ1v) is 15.8. The minimum absolute atomic E-state index is 0.0712. The number of rotatable bonds is 4. The Bertz CT molecular complexity index is 1200. The van der Waals surface area contributed by atoms with Crippen molar-refractivity contribution in [3.63, 3.8) is 0 Å².